The van der Waals surface area contributed by atoms with Crippen LogP contribution in [0.15, 0.2) is 77.3 Å². The zero-order chi connectivity index (χ0) is 27.3. The van der Waals surface area contributed by atoms with Gasteiger partial charge in [-0.15, -0.1) is 0 Å². The first-order valence-electron chi connectivity index (χ1n) is 12.8. The lowest BCUT2D eigenvalue weighted by molar-refractivity contribution is -0.123. The quantitative estimate of drug-likeness (QED) is 0.281. The number of nitrogens with one attached hydrogen (secondary N) is 1. The molecule has 6 rings (SSSR count). The molecule has 1 N–H and O–H groups in total. The molecule has 3 aromatic carbocycles. The SMILES string of the molecule is O=C(COC(=O)c1ccc(N2C(=O)[C@@H]3[C@@H]4C[C@@H]([C@@H]3C2=O)[C@H](c2ccccc2)C4)cc1)Nc1ccc(Br)c(Cl)c1. The second-order valence-corrected chi connectivity index (χ2v) is 11.5. The summed E-state index contributed by atoms with van der Waals surface area (Å²) in [7, 11) is 0. The van der Waals surface area contributed by atoms with E-state index in [-0.39, 0.29) is 41.0 Å². The van der Waals surface area contributed by atoms with E-state index in [1.54, 1.807) is 30.3 Å². The van der Waals surface area contributed by atoms with Gasteiger partial charge in [0.25, 0.3) is 5.91 Å². The monoisotopic (exact) mass is 606 g/mol. The normalized spacial score (nSPS) is 25.1. The van der Waals surface area contributed by atoms with Crippen molar-refractivity contribution >= 4 is 62.6 Å². The zero-order valence-corrected chi connectivity index (χ0v) is 23.0. The van der Waals surface area contributed by atoms with Crippen LogP contribution in [0.5, 0.6) is 0 Å². The topological polar surface area (TPSA) is 92.8 Å². The van der Waals surface area contributed by atoms with Crippen molar-refractivity contribution in [3.05, 3.63) is 93.4 Å². The van der Waals surface area contributed by atoms with Crippen LogP contribution in [0.1, 0.15) is 34.7 Å². The van der Waals surface area contributed by atoms with Crippen molar-refractivity contribution in [1.29, 1.82) is 0 Å². The maximum absolute atomic E-state index is 13.5. The van der Waals surface area contributed by atoms with Gasteiger partial charge in [0.15, 0.2) is 6.61 Å². The smallest absolute Gasteiger partial charge is 0.338 e. The molecule has 1 heterocycles. The molecule has 5 atom stereocenters. The third kappa shape index (κ3) is 4.66. The van der Waals surface area contributed by atoms with E-state index in [2.05, 4.69) is 33.4 Å². The summed E-state index contributed by atoms with van der Waals surface area (Å²) >= 11 is 9.31. The number of nitrogens with zero attached hydrogens (tertiary/aromatic N) is 1. The Labute approximate surface area is 238 Å². The predicted octanol–water partition coefficient (Wildman–Crippen LogP) is 5.83. The third-order valence-electron chi connectivity index (χ3n) is 8.14. The first-order valence-corrected chi connectivity index (χ1v) is 13.9. The van der Waals surface area contributed by atoms with Crippen LogP contribution in [-0.2, 0) is 19.1 Å². The number of halogens is 2. The fraction of sp³-hybridized carbons (Fsp3) is 0.267. The van der Waals surface area contributed by atoms with Gasteiger partial charge in [0.05, 0.1) is 28.1 Å². The van der Waals surface area contributed by atoms with E-state index in [1.807, 2.05) is 18.2 Å². The predicted molar refractivity (Wildman–Crippen MR) is 149 cm³/mol. The molecule has 3 aromatic rings. The van der Waals surface area contributed by atoms with Crippen LogP contribution >= 0.6 is 27.5 Å². The van der Waals surface area contributed by atoms with Crippen LogP contribution in [0.3, 0.4) is 0 Å². The van der Waals surface area contributed by atoms with Crippen molar-refractivity contribution in [2.75, 3.05) is 16.8 Å². The Bertz CT molecular complexity index is 1480. The Kier molecular flexibility index (Phi) is 6.77. The van der Waals surface area contributed by atoms with Crippen molar-refractivity contribution in [2.45, 2.75) is 18.8 Å². The van der Waals surface area contributed by atoms with Gasteiger partial charge in [0, 0.05) is 10.2 Å². The Morgan fingerprint density at radius 2 is 1.67 bits per heavy atom. The van der Waals surface area contributed by atoms with Gasteiger partial charge in [-0.05, 0) is 94.6 Å². The lowest BCUT2D eigenvalue weighted by Crippen LogP contribution is -2.33. The first-order chi connectivity index (χ1) is 18.8. The number of imide groups is 1. The van der Waals surface area contributed by atoms with Gasteiger partial charge in [0.1, 0.15) is 0 Å². The number of rotatable bonds is 6. The molecule has 2 bridgehead atoms. The Hall–Kier alpha value is -3.49. The Morgan fingerprint density at radius 1 is 0.949 bits per heavy atom. The molecule has 9 heteroatoms. The van der Waals surface area contributed by atoms with Gasteiger partial charge < -0.3 is 10.1 Å². The van der Waals surface area contributed by atoms with Gasteiger partial charge in [-0.3, -0.25) is 19.3 Å². The van der Waals surface area contributed by atoms with Crippen LogP contribution in [-0.4, -0.2) is 30.3 Å². The molecular weight excluding hydrogens is 584 g/mol. The standard InChI is InChI=1S/C30H24BrClN2O5/c31-23-11-8-19(14-24(23)32)33-25(35)15-39-30(38)17-6-9-20(10-7-17)34-28(36)26-18-12-21(16-4-2-1-3-5-16)22(13-18)27(26)29(34)37/h1-11,14,18,21-22,26-27H,12-13,15H2,(H,33,35)/t18-,21-,22+,26+,27-/m0/s1. The summed E-state index contributed by atoms with van der Waals surface area (Å²) in [6, 6.07) is 21.3. The van der Waals surface area contributed by atoms with E-state index in [4.69, 9.17) is 16.3 Å². The molecular formula is C30H24BrClN2O5. The molecule has 0 radical (unpaired) electrons. The van der Waals surface area contributed by atoms with E-state index in [1.165, 1.54) is 22.6 Å². The number of anilines is 2. The molecule has 0 spiro atoms. The van der Waals surface area contributed by atoms with Crippen molar-refractivity contribution in [3.63, 3.8) is 0 Å². The number of hydrogen-bond acceptors (Lipinski definition) is 5. The molecule has 2 saturated carbocycles. The summed E-state index contributed by atoms with van der Waals surface area (Å²) in [6.45, 7) is -0.480. The third-order valence-corrected chi connectivity index (χ3v) is 9.37. The zero-order valence-electron chi connectivity index (χ0n) is 20.7. The van der Waals surface area contributed by atoms with E-state index < -0.39 is 18.5 Å². The highest BCUT2D eigenvalue weighted by molar-refractivity contribution is 9.10. The number of fused-ring (bicyclic) bond motifs is 5. The van der Waals surface area contributed by atoms with Gasteiger partial charge in [-0.2, -0.15) is 0 Å². The molecule has 1 saturated heterocycles. The van der Waals surface area contributed by atoms with Crippen molar-refractivity contribution in [3.8, 4) is 0 Å². The van der Waals surface area contributed by atoms with Crippen molar-refractivity contribution in [2.24, 2.45) is 23.7 Å². The Balaban J connectivity index is 1.09. The number of carbonyl (C=O) groups is 4. The first kappa shape index (κ1) is 25.8. The van der Waals surface area contributed by atoms with Gasteiger partial charge in [-0.25, -0.2) is 4.79 Å². The molecule has 0 aromatic heterocycles. The minimum Gasteiger partial charge on any atom is -0.452 e. The number of amides is 3. The van der Waals surface area contributed by atoms with E-state index >= 15 is 0 Å². The maximum atomic E-state index is 13.5. The average Bonchev–Trinajstić information content (AvgIpc) is 3.61. The van der Waals surface area contributed by atoms with Gasteiger partial charge >= 0.3 is 5.97 Å². The van der Waals surface area contributed by atoms with Gasteiger partial charge in [-0.1, -0.05) is 41.9 Å². The Morgan fingerprint density at radius 3 is 2.38 bits per heavy atom. The fourth-order valence-electron chi connectivity index (χ4n) is 6.53. The highest BCUT2D eigenvalue weighted by Crippen LogP contribution is 2.61. The number of esters is 1. The number of carbonyl (C=O) groups excluding carboxylic acids is 4. The summed E-state index contributed by atoms with van der Waals surface area (Å²) in [6.07, 6.45) is 1.84. The van der Waals surface area contributed by atoms with Crippen molar-refractivity contribution < 1.29 is 23.9 Å². The number of benzene rings is 3. The van der Waals surface area contributed by atoms with Crippen LogP contribution < -0.4 is 10.2 Å². The molecule has 39 heavy (non-hydrogen) atoms. The second-order valence-electron chi connectivity index (χ2n) is 10.3. The molecule has 2 aliphatic carbocycles. The summed E-state index contributed by atoms with van der Waals surface area (Å²) < 4.78 is 5.83. The molecule has 0 unspecified atom stereocenters. The number of ether oxygens (including phenoxy) is 1. The van der Waals surface area contributed by atoms with E-state index in [0.29, 0.717) is 26.8 Å². The molecule has 3 amide bonds. The lowest BCUT2D eigenvalue weighted by atomic mass is 9.73. The van der Waals surface area contributed by atoms with E-state index in [9.17, 15) is 19.2 Å². The maximum Gasteiger partial charge on any atom is 0.338 e. The van der Waals surface area contributed by atoms with Crippen molar-refractivity contribution in [1.82, 2.24) is 0 Å². The van der Waals surface area contributed by atoms with Gasteiger partial charge in [0.2, 0.25) is 11.8 Å². The minimum absolute atomic E-state index is 0.149. The average molecular weight is 608 g/mol. The second kappa shape index (κ2) is 10.2. The van der Waals surface area contributed by atoms with Crippen LogP contribution in [0, 0.1) is 23.7 Å². The molecule has 3 aliphatic rings. The van der Waals surface area contributed by atoms with Crippen LogP contribution in [0.4, 0.5) is 11.4 Å². The van der Waals surface area contributed by atoms with Crippen LogP contribution in [0.25, 0.3) is 0 Å². The van der Waals surface area contributed by atoms with Crippen LogP contribution in [0.2, 0.25) is 5.02 Å². The highest BCUT2D eigenvalue weighted by atomic mass is 79.9. The molecule has 7 nitrogen and oxygen atoms in total. The fourth-order valence-corrected chi connectivity index (χ4v) is 6.96. The highest BCUT2D eigenvalue weighted by Gasteiger charge is 2.64. The summed E-state index contributed by atoms with van der Waals surface area (Å²) in [5.74, 6) is -1.41. The summed E-state index contributed by atoms with van der Waals surface area (Å²) in [4.78, 5) is 52.9. The number of hydrogen-bond donors (Lipinski definition) is 1. The minimum atomic E-state index is -0.690. The molecule has 1 aliphatic heterocycles. The lowest BCUT2D eigenvalue weighted by Gasteiger charge is -2.28. The summed E-state index contributed by atoms with van der Waals surface area (Å²) in [5.41, 5.74) is 2.36. The summed E-state index contributed by atoms with van der Waals surface area (Å²) in [5, 5.41) is 3.05. The molecule has 198 valence electrons. The largest absolute Gasteiger partial charge is 0.452 e. The van der Waals surface area contributed by atoms with E-state index in [0.717, 1.165) is 12.8 Å². The molecule has 3 fully saturated rings.